The van der Waals surface area contributed by atoms with Crippen LogP contribution in [0.1, 0.15) is 44.6 Å². The lowest BCUT2D eigenvalue weighted by molar-refractivity contribution is -0.135. The van der Waals surface area contributed by atoms with Crippen molar-refractivity contribution in [1.82, 2.24) is 9.80 Å². The van der Waals surface area contributed by atoms with Crippen LogP contribution < -0.4 is 5.73 Å². The van der Waals surface area contributed by atoms with Crippen molar-refractivity contribution in [2.45, 2.75) is 51.6 Å². The number of carbonyl (C=O) groups is 2. The van der Waals surface area contributed by atoms with E-state index in [4.69, 9.17) is 5.73 Å². The number of hydrogen-bond donors (Lipinski definition) is 1. The summed E-state index contributed by atoms with van der Waals surface area (Å²) in [4.78, 5) is 28.3. The number of nitrogens with zero attached hydrogens (tertiary/aromatic N) is 2. The summed E-state index contributed by atoms with van der Waals surface area (Å²) >= 11 is 0. The second kappa shape index (κ2) is 7.92. The molecule has 1 atom stereocenters. The van der Waals surface area contributed by atoms with E-state index in [1.807, 2.05) is 6.92 Å². The van der Waals surface area contributed by atoms with Gasteiger partial charge in [-0.25, -0.2) is 8.78 Å². The van der Waals surface area contributed by atoms with Gasteiger partial charge in [-0.05, 0) is 37.0 Å². The molecule has 2 saturated heterocycles. The molecule has 3 rings (SSSR count). The monoisotopic (exact) mass is 379 g/mol. The van der Waals surface area contributed by atoms with Crippen molar-refractivity contribution >= 4 is 11.8 Å². The second-order valence-electron chi connectivity index (χ2n) is 7.92. The minimum atomic E-state index is -0.637. The molecular weight excluding hydrogens is 352 g/mol. The fraction of sp³-hybridized carbons (Fsp3) is 0.600. The van der Waals surface area contributed by atoms with Crippen LogP contribution in [-0.2, 0) is 16.1 Å². The molecule has 27 heavy (non-hydrogen) atoms. The lowest BCUT2D eigenvalue weighted by Crippen LogP contribution is -2.49. The molecule has 1 spiro atoms. The molecule has 1 unspecified atom stereocenters. The molecule has 7 heteroatoms. The molecule has 2 aliphatic heterocycles. The predicted molar refractivity (Wildman–Crippen MR) is 97.5 cm³/mol. The lowest BCUT2D eigenvalue weighted by Gasteiger charge is -2.39. The number of hydrogen-bond acceptors (Lipinski definition) is 3. The van der Waals surface area contributed by atoms with Crippen molar-refractivity contribution in [3.63, 3.8) is 0 Å². The van der Waals surface area contributed by atoms with Gasteiger partial charge in [-0.2, -0.15) is 0 Å². The minimum Gasteiger partial charge on any atom is -0.341 e. The molecule has 2 fully saturated rings. The van der Waals surface area contributed by atoms with Crippen LogP contribution in [0, 0.1) is 17.0 Å². The van der Waals surface area contributed by atoms with Crippen LogP contribution in [0.4, 0.5) is 8.78 Å². The molecule has 1 aromatic rings. The lowest BCUT2D eigenvalue weighted by atomic mass is 9.77. The summed E-state index contributed by atoms with van der Waals surface area (Å²) in [6.07, 6.45) is 3.47. The molecular formula is C20H27F2N3O2. The smallest absolute Gasteiger partial charge is 0.239 e. The number of benzene rings is 1. The molecule has 2 aliphatic rings. The van der Waals surface area contributed by atoms with Gasteiger partial charge >= 0.3 is 0 Å². The molecule has 2 heterocycles. The van der Waals surface area contributed by atoms with Crippen molar-refractivity contribution in [2.75, 3.05) is 19.6 Å². The zero-order valence-electron chi connectivity index (χ0n) is 15.7. The third-order valence-corrected chi connectivity index (χ3v) is 5.75. The summed E-state index contributed by atoms with van der Waals surface area (Å²) in [6.45, 7) is 3.98. The Labute approximate surface area is 158 Å². The Morgan fingerprint density at radius 2 is 1.85 bits per heavy atom. The van der Waals surface area contributed by atoms with Gasteiger partial charge in [0.05, 0.1) is 6.04 Å². The fourth-order valence-electron chi connectivity index (χ4n) is 4.25. The average Bonchev–Trinajstić information content (AvgIpc) is 2.89. The molecule has 2 amide bonds. The van der Waals surface area contributed by atoms with Gasteiger partial charge in [0, 0.05) is 44.1 Å². The average molecular weight is 379 g/mol. The molecule has 1 aromatic carbocycles. The van der Waals surface area contributed by atoms with E-state index in [9.17, 15) is 18.4 Å². The maximum atomic E-state index is 13.4. The van der Waals surface area contributed by atoms with E-state index in [0.29, 0.717) is 38.0 Å². The molecule has 148 valence electrons. The van der Waals surface area contributed by atoms with Crippen LogP contribution in [0.5, 0.6) is 0 Å². The van der Waals surface area contributed by atoms with Crippen molar-refractivity contribution in [3.8, 4) is 0 Å². The van der Waals surface area contributed by atoms with Crippen molar-refractivity contribution in [1.29, 1.82) is 0 Å². The number of amides is 2. The fourth-order valence-corrected chi connectivity index (χ4v) is 4.25. The number of likely N-dealkylation sites (tertiary alicyclic amines) is 2. The molecule has 2 N–H and O–H groups in total. The standard InChI is InChI=1S/C20H27F2N3O2/c1-2-3-17(23)19(27)24-6-4-20(5-7-24)11-18(26)25(13-20)12-14-8-15(21)10-16(22)9-14/h8-10,17H,2-7,11-13,23H2,1H3. The van der Waals surface area contributed by atoms with E-state index >= 15 is 0 Å². The first-order valence-electron chi connectivity index (χ1n) is 9.59. The van der Waals surface area contributed by atoms with Gasteiger partial charge in [0.1, 0.15) is 11.6 Å². The zero-order valence-corrected chi connectivity index (χ0v) is 15.7. The topological polar surface area (TPSA) is 66.6 Å². The summed E-state index contributed by atoms with van der Waals surface area (Å²) in [6, 6.07) is 2.90. The van der Waals surface area contributed by atoms with Gasteiger partial charge in [0.25, 0.3) is 0 Å². The normalized spacial score (nSPS) is 20.4. The number of nitrogens with two attached hydrogens (primary N) is 1. The second-order valence-corrected chi connectivity index (χ2v) is 7.92. The Balaban J connectivity index is 1.60. The van der Waals surface area contributed by atoms with E-state index in [-0.39, 0.29) is 23.8 Å². The summed E-state index contributed by atoms with van der Waals surface area (Å²) in [7, 11) is 0. The maximum Gasteiger partial charge on any atom is 0.239 e. The van der Waals surface area contributed by atoms with Gasteiger partial charge in [0.15, 0.2) is 0 Å². The van der Waals surface area contributed by atoms with E-state index in [0.717, 1.165) is 25.3 Å². The zero-order chi connectivity index (χ0) is 19.6. The number of carbonyl (C=O) groups excluding carboxylic acids is 2. The van der Waals surface area contributed by atoms with E-state index in [1.165, 1.54) is 12.1 Å². The van der Waals surface area contributed by atoms with E-state index in [2.05, 4.69) is 0 Å². The Morgan fingerprint density at radius 1 is 1.22 bits per heavy atom. The molecule has 0 radical (unpaired) electrons. The summed E-state index contributed by atoms with van der Waals surface area (Å²) in [5.74, 6) is -1.28. The molecule has 0 aromatic heterocycles. The third kappa shape index (κ3) is 4.46. The van der Waals surface area contributed by atoms with Crippen LogP contribution in [0.3, 0.4) is 0 Å². The number of halogens is 2. The Morgan fingerprint density at radius 3 is 2.44 bits per heavy atom. The first-order chi connectivity index (χ1) is 12.8. The summed E-state index contributed by atoms with van der Waals surface area (Å²) in [5, 5.41) is 0. The first kappa shape index (κ1) is 19.7. The van der Waals surface area contributed by atoms with Gasteiger partial charge in [-0.15, -0.1) is 0 Å². The van der Waals surface area contributed by atoms with Crippen molar-refractivity contribution in [3.05, 3.63) is 35.4 Å². The number of rotatable bonds is 5. The Hall–Kier alpha value is -2.02. The molecule has 5 nitrogen and oxygen atoms in total. The maximum absolute atomic E-state index is 13.4. The SMILES string of the molecule is CCCC(N)C(=O)N1CCC2(CC1)CC(=O)N(Cc1cc(F)cc(F)c1)C2. The Bertz CT molecular complexity index is 697. The van der Waals surface area contributed by atoms with Crippen molar-refractivity contribution in [2.24, 2.45) is 11.1 Å². The van der Waals surface area contributed by atoms with Crippen LogP contribution in [-0.4, -0.2) is 47.3 Å². The molecule has 0 aliphatic carbocycles. The van der Waals surface area contributed by atoms with Crippen LogP contribution in [0.25, 0.3) is 0 Å². The summed E-state index contributed by atoms with van der Waals surface area (Å²) < 4.78 is 26.8. The Kier molecular flexibility index (Phi) is 5.79. The van der Waals surface area contributed by atoms with E-state index < -0.39 is 17.7 Å². The van der Waals surface area contributed by atoms with Gasteiger partial charge in [0.2, 0.25) is 11.8 Å². The first-order valence-corrected chi connectivity index (χ1v) is 9.59. The minimum absolute atomic E-state index is 0.00197. The highest BCUT2D eigenvalue weighted by atomic mass is 19.1. The van der Waals surface area contributed by atoms with Gasteiger partial charge in [-0.1, -0.05) is 13.3 Å². The number of piperidine rings is 1. The van der Waals surface area contributed by atoms with Crippen LogP contribution in [0.2, 0.25) is 0 Å². The quantitative estimate of drug-likeness (QED) is 0.855. The highest BCUT2D eigenvalue weighted by Crippen LogP contribution is 2.41. The van der Waals surface area contributed by atoms with E-state index in [1.54, 1.807) is 9.80 Å². The molecule has 0 saturated carbocycles. The predicted octanol–water partition coefficient (Wildman–Crippen LogP) is 2.43. The molecule has 0 bridgehead atoms. The highest BCUT2D eigenvalue weighted by Gasteiger charge is 2.45. The van der Waals surface area contributed by atoms with Gasteiger partial charge < -0.3 is 15.5 Å². The third-order valence-electron chi connectivity index (χ3n) is 5.75. The van der Waals surface area contributed by atoms with Gasteiger partial charge in [-0.3, -0.25) is 9.59 Å². The largest absolute Gasteiger partial charge is 0.341 e. The van der Waals surface area contributed by atoms with Crippen molar-refractivity contribution < 1.29 is 18.4 Å². The van der Waals surface area contributed by atoms with Crippen LogP contribution in [0.15, 0.2) is 18.2 Å². The summed E-state index contributed by atoms with van der Waals surface area (Å²) in [5.41, 5.74) is 6.24. The highest BCUT2D eigenvalue weighted by molar-refractivity contribution is 5.82. The van der Waals surface area contributed by atoms with Crippen LogP contribution >= 0.6 is 0 Å².